The van der Waals surface area contributed by atoms with E-state index in [0.29, 0.717) is 11.3 Å². The van der Waals surface area contributed by atoms with Gasteiger partial charge in [0.05, 0.1) is 17.1 Å². The van der Waals surface area contributed by atoms with Gasteiger partial charge in [0.25, 0.3) is 11.6 Å². The maximum atomic E-state index is 12.5. The van der Waals surface area contributed by atoms with Gasteiger partial charge in [-0.05, 0) is 39.3 Å². The molecule has 0 unspecified atom stereocenters. The van der Waals surface area contributed by atoms with Crippen LogP contribution in [0.5, 0.6) is 0 Å². The van der Waals surface area contributed by atoms with Crippen LogP contribution in [0, 0.1) is 24.0 Å². The third-order valence-corrected chi connectivity index (χ3v) is 4.13. The highest BCUT2D eigenvalue weighted by Crippen LogP contribution is 2.24. The zero-order chi connectivity index (χ0) is 21.7. The fourth-order valence-corrected chi connectivity index (χ4v) is 2.71. The summed E-state index contributed by atoms with van der Waals surface area (Å²) < 4.78 is 10.1. The topological polar surface area (TPSA) is 141 Å². The minimum absolute atomic E-state index is 0.0102. The van der Waals surface area contributed by atoms with Gasteiger partial charge in [0.15, 0.2) is 6.10 Å². The number of nitrogens with one attached hydrogen (secondary N) is 2. The van der Waals surface area contributed by atoms with Crippen molar-refractivity contribution in [3.63, 3.8) is 0 Å². The molecule has 0 spiro atoms. The molecule has 0 radical (unpaired) electrons. The van der Waals surface area contributed by atoms with Crippen LogP contribution in [0.4, 0.5) is 11.4 Å². The molecule has 1 heterocycles. The second-order valence-corrected chi connectivity index (χ2v) is 6.16. The number of hydrogen-bond acceptors (Lipinski definition) is 7. The van der Waals surface area contributed by atoms with Crippen molar-refractivity contribution in [2.75, 3.05) is 11.9 Å². The van der Waals surface area contributed by atoms with Gasteiger partial charge in [-0.15, -0.1) is 0 Å². The molecule has 0 saturated carbocycles. The van der Waals surface area contributed by atoms with Gasteiger partial charge in [-0.25, -0.2) is 9.59 Å². The fraction of sp³-hybridized carbons (Fsp3) is 0.316. The highest BCUT2D eigenvalue weighted by molar-refractivity contribution is 6.01. The highest BCUT2D eigenvalue weighted by atomic mass is 16.6. The first-order chi connectivity index (χ1) is 13.7. The lowest BCUT2D eigenvalue weighted by Gasteiger charge is -2.14. The van der Waals surface area contributed by atoms with Crippen LogP contribution < -0.4 is 5.32 Å². The predicted octanol–water partition coefficient (Wildman–Crippen LogP) is 2.90. The number of nitro benzene ring substituents is 1. The number of hydrogen-bond donors (Lipinski definition) is 2. The van der Waals surface area contributed by atoms with E-state index in [1.807, 2.05) is 0 Å². The smallest absolute Gasteiger partial charge is 0.355 e. The third kappa shape index (κ3) is 4.78. The van der Waals surface area contributed by atoms with Gasteiger partial charge in [-0.1, -0.05) is 12.1 Å². The number of para-hydroxylation sites is 2. The number of benzene rings is 1. The average molecular weight is 403 g/mol. The number of H-pyrrole nitrogens is 1. The number of aromatic nitrogens is 1. The monoisotopic (exact) mass is 403 g/mol. The van der Waals surface area contributed by atoms with Gasteiger partial charge in [0.1, 0.15) is 11.4 Å². The summed E-state index contributed by atoms with van der Waals surface area (Å²) in [5.74, 6) is -2.14. The summed E-state index contributed by atoms with van der Waals surface area (Å²) in [6, 6.07) is 5.62. The Hall–Kier alpha value is -3.69. The number of carbonyl (C=O) groups is 3. The molecule has 1 aromatic carbocycles. The Labute approximate surface area is 166 Å². The van der Waals surface area contributed by atoms with Crippen molar-refractivity contribution in [1.29, 1.82) is 0 Å². The van der Waals surface area contributed by atoms with Crippen molar-refractivity contribution in [2.45, 2.75) is 33.8 Å². The Morgan fingerprint density at radius 1 is 1.21 bits per heavy atom. The molecule has 2 N–H and O–H groups in total. The molecule has 2 aromatic rings. The molecule has 0 aliphatic carbocycles. The van der Waals surface area contributed by atoms with Crippen molar-refractivity contribution in [2.24, 2.45) is 0 Å². The number of anilines is 1. The number of rotatable bonds is 7. The first-order valence-corrected chi connectivity index (χ1v) is 8.78. The molecular weight excluding hydrogens is 382 g/mol. The van der Waals surface area contributed by atoms with E-state index < -0.39 is 28.9 Å². The first kappa shape index (κ1) is 21.6. The summed E-state index contributed by atoms with van der Waals surface area (Å²) >= 11 is 0. The molecule has 0 fully saturated rings. The van der Waals surface area contributed by atoms with E-state index in [1.165, 1.54) is 31.2 Å². The van der Waals surface area contributed by atoms with Crippen LogP contribution in [0.2, 0.25) is 0 Å². The Bertz CT molecular complexity index is 965. The quantitative estimate of drug-likeness (QED) is 0.411. The van der Waals surface area contributed by atoms with Crippen LogP contribution in [-0.2, 0) is 14.3 Å². The molecule has 2 rings (SSSR count). The van der Waals surface area contributed by atoms with Crippen LogP contribution in [-0.4, -0.2) is 40.5 Å². The summed E-state index contributed by atoms with van der Waals surface area (Å²) in [5, 5.41) is 13.4. The molecule has 10 nitrogen and oxygen atoms in total. The van der Waals surface area contributed by atoms with E-state index in [-0.39, 0.29) is 29.2 Å². The molecule has 0 aliphatic rings. The van der Waals surface area contributed by atoms with Crippen molar-refractivity contribution in [3.8, 4) is 0 Å². The number of ether oxygens (including phenoxy) is 2. The first-order valence-electron chi connectivity index (χ1n) is 8.78. The third-order valence-electron chi connectivity index (χ3n) is 4.13. The SMILES string of the molecule is CCOC(=O)c1[nH]c(C)c(C(=O)O[C@H](C)C(=O)Nc2ccccc2[N+](=O)[O-])c1C. The Morgan fingerprint density at radius 2 is 1.86 bits per heavy atom. The van der Waals surface area contributed by atoms with Gasteiger partial charge in [0, 0.05) is 11.8 Å². The Morgan fingerprint density at radius 3 is 2.48 bits per heavy atom. The standard InChI is InChI=1S/C19H21N3O7/c1-5-28-19(25)16-10(2)15(11(3)20-16)18(24)29-12(4)17(23)21-13-8-6-7-9-14(13)22(26)27/h6-9,12,20H,5H2,1-4H3,(H,21,23)/t12-/m1/s1. The summed E-state index contributed by atoms with van der Waals surface area (Å²) in [5.41, 5.74) is 0.700. The number of aryl methyl sites for hydroxylation is 1. The number of carbonyl (C=O) groups excluding carboxylic acids is 3. The van der Waals surface area contributed by atoms with Crippen molar-refractivity contribution < 1.29 is 28.8 Å². The zero-order valence-corrected chi connectivity index (χ0v) is 16.4. The van der Waals surface area contributed by atoms with E-state index in [2.05, 4.69) is 10.3 Å². The van der Waals surface area contributed by atoms with E-state index in [0.717, 1.165) is 0 Å². The molecule has 154 valence electrons. The maximum absolute atomic E-state index is 12.5. The van der Waals surface area contributed by atoms with Gasteiger partial charge < -0.3 is 19.8 Å². The average Bonchev–Trinajstić information content (AvgIpc) is 2.96. The van der Waals surface area contributed by atoms with Crippen molar-refractivity contribution >= 4 is 29.2 Å². The molecule has 29 heavy (non-hydrogen) atoms. The summed E-state index contributed by atoms with van der Waals surface area (Å²) in [6.45, 7) is 6.33. The van der Waals surface area contributed by atoms with Crippen molar-refractivity contribution in [1.82, 2.24) is 4.98 Å². The van der Waals surface area contributed by atoms with E-state index in [1.54, 1.807) is 20.8 Å². The molecular formula is C19H21N3O7. The van der Waals surface area contributed by atoms with Gasteiger partial charge >= 0.3 is 11.9 Å². The lowest BCUT2D eigenvalue weighted by atomic mass is 10.1. The van der Waals surface area contributed by atoms with Gasteiger partial charge in [-0.2, -0.15) is 0 Å². The van der Waals surface area contributed by atoms with E-state index in [4.69, 9.17) is 9.47 Å². The fourth-order valence-electron chi connectivity index (χ4n) is 2.71. The molecule has 10 heteroatoms. The number of nitrogens with zero attached hydrogens (tertiary/aromatic N) is 1. The number of amides is 1. The van der Waals surface area contributed by atoms with Crippen molar-refractivity contribution in [3.05, 3.63) is 56.9 Å². The predicted molar refractivity (Wildman–Crippen MR) is 103 cm³/mol. The summed E-state index contributed by atoms with van der Waals surface area (Å²) in [6.07, 6.45) is -1.23. The van der Waals surface area contributed by atoms with Gasteiger partial charge in [-0.3, -0.25) is 14.9 Å². The Kier molecular flexibility index (Phi) is 6.71. The van der Waals surface area contributed by atoms with E-state index >= 15 is 0 Å². The molecule has 1 aromatic heterocycles. The lowest BCUT2D eigenvalue weighted by molar-refractivity contribution is -0.383. The highest BCUT2D eigenvalue weighted by Gasteiger charge is 2.27. The molecule has 1 atom stereocenters. The second-order valence-electron chi connectivity index (χ2n) is 6.16. The number of nitro groups is 1. The largest absolute Gasteiger partial charge is 0.461 e. The molecule has 0 saturated heterocycles. The maximum Gasteiger partial charge on any atom is 0.355 e. The van der Waals surface area contributed by atoms with Crippen LogP contribution >= 0.6 is 0 Å². The van der Waals surface area contributed by atoms with Crippen LogP contribution in [0.15, 0.2) is 24.3 Å². The van der Waals surface area contributed by atoms with Gasteiger partial charge in [0.2, 0.25) is 0 Å². The molecule has 0 aliphatic heterocycles. The number of aromatic amines is 1. The summed E-state index contributed by atoms with van der Waals surface area (Å²) in [4.78, 5) is 50.0. The number of esters is 2. The molecule has 1 amide bonds. The van der Waals surface area contributed by atoms with Crippen LogP contribution in [0.25, 0.3) is 0 Å². The molecule has 0 bridgehead atoms. The second kappa shape index (κ2) is 9.00. The van der Waals surface area contributed by atoms with Crippen LogP contribution in [0.1, 0.15) is 46.0 Å². The summed E-state index contributed by atoms with van der Waals surface area (Å²) in [7, 11) is 0. The Balaban J connectivity index is 2.14. The minimum atomic E-state index is -1.23. The van der Waals surface area contributed by atoms with Crippen LogP contribution in [0.3, 0.4) is 0 Å². The lowest BCUT2D eigenvalue weighted by Crippen LogP contribution is -2.30. The normalized spacial score (nSPS) is 11.4. The minimum Gasteiger partial charge on any atom is -0.461 e. The van der Waals surface area contributed by atoms with E-state index in [9.17, 15) is 24.5 Å². The zero-order valence-electron chi connectivity index (χ0n) is 16.4.